The van der Waals surface area contributed by atoms with Crippen molar-refractivity contribution in [3.8, 4) is 11.5 Å². The highest BCUT2D eigenvalue weighted by Gasteiger charge is 2.36. The van der Waals surface area contributed by atoms with Crippen molar-refractivity contribution in [3.05, 3.63) is 18.2 Å². The monoisotopic (exact) mass is 388 g/mol. The van der Waals surface area contributed by atoms with Gasteiger partial charge in [0.15, 0.2) is 11.5 Å². The van der Waals surface area contributed by atoms with Crippen molar-refractivity contribution in [2.45, 2.75) is 25.3 Å². The normalized spacial score (nSPS) is 20.5. The predicted octanol–water partition coefficient (Wildman–Crippen LogP) is -0.763. The number of anilines is 1. The summed E-state index contributed by atoms with van der Waals surface area (Å²) in [6, 6.07) is 5.20. The minimum atomic E-state index is -0.937. The van der Waals surface area contributed by atoms with Crippen LogP contribution in [-0.2, 0) is 19.2 Å². The number of benzene rings is 1. The predicted molar refractivity (Wildman–Crippen MR) is 95.3 cm³/mol. The van der Waals surface area contributed by atoms with Crippen molar-refractivity contribution in [3.63, 3.8) is 0 Å². The molecule has 4 amide bonds. The van der Waals surface area contributed by atoms with Gasteiger partial charge in [0.1, 0.15) is 13.2 Å². The van der Waals surface area contributed by atoms with E-state index in [4.69, 9.17) is 9.47 Å². The second-order valence-electron chi connectivity index (χ2n) is 6.92. The summed E-state index contributed by atoms with van der Waals surface area (Å²) in [5.74, 6) is -1.94. The summed E-state index contributed by atoms with van der Waals surface area (Å²) < 4.78 is 11.0. The number of nitrogens with one attached hydrogen (secondary N) is 3. The Morgan fingerprint density at radius 2 is 1.75 bits per heavy atom. The van der Waals surface area contributed by atoms with Crippen molar-refractivity contribution in [2.75, 3.05) is 24.7 Å². The average Bonchev–Trinajstić information content (AvgIpc) is 3.43. The molecule has 1 aromatic carbocycles. The zero-order valence-corrected chi connectivity index (χ0v) is 15.0. The van der Waals surface area contributed by atoms with Gasteiger partial charge in [0.25, 0.3) is 0 Å². The molecular weight excluding hydrogens is 368 g/mol. The highest BCUT2D eigenvalue weighted by molar-refractivity contribution is 6.35. The van der Waals surface area contributed by atoms with Crippen molar-refractivity contribution in [2.24, 2.45) is 5.92 Å². The molecule has 2 fully saturated rings. The zero-order valence-electron chi connectivity index (χ0n) is 15.0. The topological polar surface area (TPSA) is 126 Å². The van der Waals surface area contributed by atoms with Crippen LogP contribution in [0, 0.1) is 5.92 Å². The van der Waals surface area contributed by atoms with E-state index in [0.29, 0.717) is 30.4 Å². The molecule has 0 aromatic heterocycles. The van der Waals surface area contributed by atoms with Gasteiger partial charge < -0.3 is 19.7 Å². The molecule has 148 valence electrons. The van der Waals surface area contributed by atoms with Gasteiger partial charge in [-0.3, -0.25) is 30.0 Å². The fraction of sp³-hybridized carbons (Fsp3) is 0.444. The summed E-state index contributed by atoms with van der Waals surface area (Å²) in [6.45, 7) is 1.07. The quantitative estimate of drug-likeness (QED) is 0.461. The van der Waals surface area contributed by atoms with Crippen LogP contribution in [0.25, 0.3) is 0 Å². The molecule has 3 aliphatic rings. The van der Waals surface area contributed by atoms with Gasteiger partial charge in [-0.25, -0.2) is 0 Å². The fourth-order valence-corrected chi connectivity index (χ4v) is 3.09. The van der Waals surface area contributed by atoms with Crippen molar-refractivity contribution >= 4 is 29.3 Å². The van der Waals surface area contributed by atoms with Gasteiger partial charge in [0.05, 0.1) is 5.92 Å². The second kappa shape index (κ2) is 7.37. The lowest BCUT2D eigenvalue weighted by Gasteiger charge is -2.22. The molecule has 10 heteroatoms. The Morgan fingerprint density at radius 1 is 1.00 bits per heavy atom. The Bertz CT molecular complexity index is 837. The Kier molecular flexibility index (Phi) is 4.76. The third-order valence-electron chi connectivity index (χ3n) is 4.75. The fourth-order valence-electron chi connectivity index (χ4n) is 3.09. The van der Waals surface area contributed by atoms with Crippen LogP contribution < -0.4 is 30.5 Å². The van der Waals surface area contributed by atoms with Crippen molar-refractivity contribution in [1.82, 2.24) is 16.2 Å². The molecule has 2 heterocycles. The van der Waals surface area contributed by atoms with Crippen LogP contribution in [0.3, 0.4) is 0 Å². The third kappa shape index (κ3) is 3.85. The van der Waals surface area contributed by atoms with Gasteiger partial charge in [0.2, 0.25) is 11.8 Å². The van der Waals surface area contributed by atoms with E-state index in [1.165, 1.54) is 4.90 Å². The summed E-state index contributed by atoms with van der Waals surface area (Å²) in [6.07, 6.45) is 1.71. The minimum absolute atomic E-state index is 0.00438. The summed E-state index contributed by atoms with van der Waals surface area (Å²) >= 11 is 0. The van der Waals surface area contributed by atoms with E-state index in [1.54, 1.807) is 18.2 Å². The molecule has 0 unspecified atom stereocenters. The standard InChI is InChI=1S/C18H20N4O6/c23-15-7-10(16(24)20-21-18(26)17(25)19-11-1-2-11)9-22(15)12-3-4-13-14(8-12)28-6-5-27-13/h3-4,8,10-11H,1-2,5-7,9H2,(H,19,25)(H,20,24)(H,21,26)/t10-/m0/s1. The Morgan fingerprint density at radius 3 is 2.50 bits per heavy atom. The van der Waals surface area contributed by atoms with Crippen LogP contribution in [0.2, 0.25) is 0 Å². The number of carbonyl (C=O) groups is 4. The zero-order chi connectivity index (χ0) is 19.7. The van der Waals surface area contributed by atoms with Gasteiger partial charge in [-0.15, -0.1) is 0 Å². The third-order valence-corrected chi connectivity index (χ3v) is 4.75. The lowest BCUT2D eigenvalue weighted by atomic mass is 10.1. The summed E-state index contributed by atoms with van der Waals surface area (Å²) in [5, 5.41) is 2.52. The van der Waals surface area contributed by atoms with Gasteiger partial charge >= 0.3 is 11.8 Å². The molecule has 0 radical (unpaired) electrons. The number of nitrogens with zero attached hydrogens (tertiary/aromatic N) is 1. The molecule has 10 nitrogen and oxygen atoms in total. The average molecular weight is 388 g/mol. The maximum atomic E-state index is 12.4. The number of fused-ring (bicyclic) bond motifs is 1. The number of hydrazine groups is 1. The van der Waals surface area contributed by atoms with Crippen LogP contribution in [0.4, 0.5) is 5.69 Å². The number of carbonyl (C=O) groups excluding carboxylic acids is 4. The lowest BCUT2D eigenvalue weighted by molar-refractivity contribution is -0.141. The number of amides is 4. The van der Waals surface area contributed by atoms with E-state index in [9.17, 15) is 19.2 Å². The SMILES string of the molecule is O=C(NNC(=O)[C@H]1CC(=O)N(c2ccc3c(c2)OCCO3)C1)C(=O)NC1CC1. The molecule has 0 spiro atoms. The molecule has 1 atom stereocenters. The van der Waals surface area contributed by atoms with Crippen LogP contribution >= 0.6 is 0 Å². The molecule has 0 bridgehead atoms. The van der Waals surface area contributed by atoms with Gasteiger partial charge in [-0.2, -0.15) is 0 Å². The molecule has 4 rings (SSSR count). The summed E-state index contributed by atoms with van der Waals surface area (Å²) in [4.78, 5) is 49.4. The smallest absolute Gasteiger partial charge is 0.327 e. The first kappa shape index (κ1) is 18.1. The molecule has 1 aliphatic carbocycles. The summed E-state index contributed by atoms with van der Waals surface area (Å²) in [7, 11) is 0. The maximum absolute atomic E-state index is 12.4. The van der Waals surface area contributed by atoms with Crippen molar-refractivity contribution < 1.29 is 28.7 Å². The van der Waals surface area contributed by atoms with Gasteiger partial charge in [-0.05, 0) is 25.0 Å². The van der Waals surface area contributed by atoms with E-state index < -0.39 is 23.6 Å². The maximum Gasteiger partial charge on any atom is 0.327 e. The van der Waals surface area contributed by atoms with E-state index in [-0.39, 0.29) is 24.9 Å². The molecule has 1 aromatic rings. The van der Waals surface area contributed by atoms with E-state index in [1.807, 2.05) is 0 Å². The Hall–Kier alpha value is -3.30. The van der Waals surface area contributed by atoms with E-state index in [0.717, 1.165) is 12.8 Å². The molecule has 1 saturated carbocycles. The van der Waals surface area contributed by atoms with Crippen molar-refractivity contribution in [1.29, 1.82) is 0 Å². The number of hydrogen-bond acceptors (Lipinski definition) is 6. The number of hydrogen-bond donors (Lipinski definition) is 3. The number of ether oxygens (including phenoxy) is 2. The molecule has 1 saturated heterocycles. The largest absolute Gasteiger partial charge is 0.486 e. The first-order chi connectivity index (χ1) is 13.5. The number of rotatable bonds is 3. The highest BCUT2D eigenvalue weighted by atomic mass is 16.6. The molecule has 2 aliphatic heterocycles. The summed E-state index contributed by atoms with van der Waals surface area (Å²) in [5.41, 5.74) is 4.91. The van der Waals surface area contributed by atoms with E-state index in [2.05, 4.69) is 16.2 Å². The van der Waals surface area contributed by atoms with Crippen LogP contribution in [-0.4, -0.2) is 49.4 Å². The van der Waals surface area contributed by atoms with Crippen LogP contribution in [0.15, 0.2) is 18.2 Å². The Labute approximate surface area is 160 Å². The molecule has 3 N–H and O–H groups in total. The van der Waals surface area contributed by atoms with E-state index >= 15 is 0 Å². The van der Waals surface area contributed by atoms with Gasteiger partial charge in [-0.1, -0.05) is 0 Å². The van der Waals surface area contributed by atoms with Crippen LogP contribution in [0.1, 0.15) is 19.3 Å². The first-order valence-corrected chi connectivity index (χ1v) is 9.12. The van der Waals surface area contributed by atoms with Crippen LogP contribution in [0.5, 0.6) is 11.5 Å². The second-order valence-corrected chi connectivity index (χ2v) is 6.92. The minimum Gasteiger partial charge on any atom is -0.486 e. The van der Waals surface area contributed by atoms with Gasteiger partial charge in [0, 0.05) is 30.8 Å². The highest BCUT2D eigenvalue weighted by Crippen LogP contribution is 2.35. The Balaban J connectivity index is 1.33. The first-order valence-electron chi connectivity index (χ1n) is 9.12. The lowest BCUT2D eigenvalue weighted by Crippen LogP contribution is -2.50. The molecular formula is C18H20N4O6. The molecule has 28 heavy (non-hydrogen) atoms.